The van der Waals surface area contributed by atoms with Gasteiger partial charge in [-0.15, -0.1) is 0 Å². The number of nitrogens with zero attached hydrogens (tertiary/aromatic N) is 3. The van der Waals surface area contributed by atoms with Crippen molar-refractivity contribution in [2.24, 2.45) is 0 Å². The molecule has 0 atom stereocenters. The maximum atomic E-state index is 13.5. The summed E-state index contributed by atoms with van der Waals surface area (Å²) in [6.07, 6.45) is 5.09. The summed E-state index contributed by atoms with van der Waals surface area (Å²) in [6, 6.07) is 15.9. The molecular formula is C22H20ClN3O2S. The van der Waals surface area contributed by atoms with Gasteiger partial charge in [0.25, 0.3) is 10.0 Å². The van der Waals surface area contributed by atoms with Crippen LogP contribution in [0, 0.1) is 0 Å². The Hall–Kier alpha value is -2.57. The highest BCUT2D eigenvalue weighted by atomic mass is 35.5. The van der Waals surface area contributed by atoms with Crippen LogP contribution >= 0.6 is 11.6 Å². The van der Waals surface area contributed by atoms with E-state index in [1.165, 1.54) is 16.5 Å². The zero-order chi connectivity index (χ0) is 20.0. The third-order valence-electron chi connectivity index (χ3n) is 5.49. The second-order valence-corrected chi connectivity index (χ2v) is 9.59. The largest absolute Gasteiger partial charge is 0.356 e. The quantitative estimate of drug-likeness (QED) is 0.459. The molecule has 5 nitrogen and oxygen atoms in total. The van der Waals surface area contributed by atoms with Gasteiger partial charge in [0.05, 0.1) is 15.9 Å². The van der Waals surface area contributed by atoms with Crippen LogP contribution in [0.2, 0.25) is 5.02 Å². The summed E-state index contributed by atoms with van der Waals surface area (Å²) >= 11 is 6.06. The number of pyridine rings is 1. The van der Waals surface area contributed by atoms with Gasteiger partial charge in [0.2, 0.25) is 0 Å². The molecule has 1 aliphatic rings. The van der Waals surface area contributed by atoms with Gasteiger partial charge < -0.3 is 4.90 Å². The minimum atomic E-state index is -3.80. The Morgan fingerprint density at radius 2 is 1.69 bits per heavy atom. The van der Waals surface area contributed by atoms with Crippen molar-refractivity contribution in [1.29, 1.82) is 0 Å². The van der Waals surface area contributed by atoms with Crippen molar-refractivity contribution >= 4 is 49.2 Å². The molecule has 29 heavy (non-hydrogen) atoms. The second-order valence-electron chi connectivity index (χ2n) is 7.34. The highest BCUT2D eigenvalue weighted by molar-refractivity contribution is 7.90. The molecule has 7 heteroatoms. The van der Waals surface area contributed by atoms with Crippen LogP contribution < -0.4 is 4.90 Å². The first-order valence-electron chi connectivity index (χ1n) is 9.71. The molecule has 1 saturated heterocycles. The third-order valence-corrected chi connectivity index (χ3v) is 7.39. The lowest BCUT2D eigenvalue weighted by Gasteiger charge is -2.28. The van der Waals surface area contributed by atoms with Gasteiger partial charge in [-0.3, -0.25) is 0 Å². The lowest BCUT2D eigenvalue weighted by molar-refractivity contribution is 0.575. The average molecular weight is 426 g/mol. The van der Waals surface area contributed by atoms with Gasteiger partial charge in [0.15, 0.2) is 0 Å². The number of halogens is 1. The van der Waals surface area contributed by atoms with Crippen LogP contribution in [0.25, 0.3) is 21.8 Å². The first-order chi connectivity index (χ1) is 14.1. The van der Waals surface area contributed by atoms with E-state index >= 15 is 0 Å². The normalized spacial score (nSPS) is 15.3. The van der Waals surface area contributed by atoms with E-state index in [0.717, 1.165) is 48.0 Å². The number of benzene rings is 2. The molecule has 2 aromatic carbocycles. The summed E-state index contributed by atoms with van der Waals surface area (Å²) in [7, 11) is -3.80. The minimum Gasteiger partial charge on any atom is -0.356 e. The number of aromatic nitrogens is 2. The van der Waals surface area contributed by atoms with E-state index in [9.17, 15) is 8.42 Å². The molecule has 3 heterocycles. The summed E-state index contributed by atoms with van der Waals surface area (Å²) in [5, 5.41) is 2.07. The van der Waals surface area contributed by atoms with Crippen molar-refractivity contribution in [3.8, 4) is 0 Å². The smallest absolute Gasteiger partial charge is 0.268 e. The fraction of sp³-hybridized carbons (Fsp3) is 0.227. The highest BCUT2D eigenvalue weighted by Gasteiger charge is 2.24. The van der Waals surface area contributed by atoms with Crippen LogP contribution in [0.5, 0.6) is 0 Å². The SMILES string of the molecule is O=S(=O)(c1cccc(Cl)c1)n1ccc2c(N3CCCCC3)nc3ccccc3c21. The molecule has 0 spiro atoms. The second kappa shape index (κ2) is 7.04. The number of rotatable bonds is 3. The number of piperidine rings is 1. The Balaban J connectivity index is 1.81. The zero-order valence-electron chi connectivity index (χ0n) is 15.8. The fourth-order valence-electron chi connectivity index (χ4n) is 4.09. The highest BCUT2D eigenvalue weighted by Crippen LogP contribution is 2.35. The monoisotopic (exact) mass is 425 g/mol. The van der Waals surface area contributed by atoms with E-state index in [1.807, 2.05) is 30.3 Å². The Labute approximate surface area is 174 Å². The van der Waals surface area contributed by atoms with Gasteiger partial charge in [-0.1, -0.05) is 35.9 Å². The van der Waals surface area contributed by atoms with Gasteiger partial charge in [0, 0.05) is 35.1 Å². The van der Waals surface area contributed by atoms with Crippen LogP contribution in [0.1, 0.15) is 19.3 Å². The van der Waals surface area contributed by atoms with Crippen molar-refractivity contribution in [2.45, 2.75) is 24.2 Å². The van der Waals surface area contributed by atoms with Gasteiger partial charge in [-0.2, -0.15) is 0 Å². The minimum absolute atomic E-state index is 0.169. The van der Waals surface area contributed by atoms with E-state index in [1.54, 1.807) is 24.4 Å². The molecule has 0 amide bonds. The first kappa shape index (κ1) is 18.5. The van der Waals surface area contributed by atoms with Crippen LogP contribution in [0.4, 0.5) is 5.82 Å². The van der Waals surface area contributed by atoms with Gasteiger partial charge in [0.1, 0.15) is 5.82 Å². The predicted molar refractivity (Wildman–Crippen MR) is 117 cm³/mol. The average Bonchev–Trinajstić information content (AvgIpc) is 3.20. The molecule has 1 aliphatic heterocycles. The van der Waals surface area contributed by atoms with Crippen LogP contribution in [0.15, 0.2) is 65.7 Å². The third kappa shape index (κ3) is 3.07. The Morgan fingerprint density at radius 1 is 0.897 bits per heavy atom. The van der Waals surface area contributed by atoms with Gasteiger partial charge in [-0.25, -0.2) is 17.4 Å². The fourth-order valence-corrected chi connectivity index (χ4v) is 5.76. The summed E-state index contributed by atoms with van der Waals surface area (Å²) < 4.78 is 28.3. The standard InChI is InChI=1S/C22H20ClN3O2S/c23-16-7-6-8-17(15-16)29(27,28)26-14-11-19-21(26)18-9-2-3-10-20(18)24-22(19)25-12-4-1-5-13-25/h2-3,6-11,14-15H,1,4-5,12-13H2. The molecule has 0 aliphatic carbocycles. The van der Waals surface area contributed by atoms with Crippen LogP contribution in [-0.4, -0.2) is 30.5 Å². The Kier molecular flexibility index (Phi) is 4.48. The number of hydrogen-bond donors (Lipinski definition) is 0. The van der Waals surface area contributed by atoms with Crippen LogP contribution in [-0.2, 0) is 10.0 Å². The summed E-state index contributed by atoms with van der Waals surface area (Å²) in [4.78, 5) is 7.35. The molecule has 0 radical (unpaired) electrons. The first-order valence-corrected chi connectivity index (χ1v) is 11.5. The van der Waals surface area contributed by atoms with Crippen molar-refractivity contribution in [1.82, 2.24) is 8.96 Å². The maximum Gasteiger partial charge on any atom is 0.268 e. The predicted octanol–water partition coefficient (Wildman–Crippen LogP) is 5.07. The Morgan fingerprint density at radius 3 is 2.48 bits per heavy atom. The van der Waals surface area contributed by atoms with E-state index < -0.39 is 10.0 Å². The van der Waals surface area contributed by atoms with Gasteiger partial charge >= 0.3 is 0 Å². The van der Waals surface area contributed by atoms with E-state index in [4.69, 9.17) is 16.6 Å². The molecule has 4 aromatic rings. The van der Waals surface area contributed by atoms with Crippen molar-refractivity contribution < 1.29 is 8.42 Å². The molecule has 0 saturated carbocycles. The maximum absolute atomic E-state index is 13.5. The molecule has 0 N–H and O–H groups in total. The van der Waals surface area contributed by atoms with Crippen molar-refractivity contribution in [3.05, 3.63) is 65.8 Å². The number of anilines is 1. The Bertz CT molecular complexity index is 1320. The number of para-hydroxylation sites is 1. The molecular weight excluding hydrogens is 406 g/mol. The van der Waals surface area contributed by atoms with Gasteiger partial charge in [-0.05, 0) is 49.6 Å². The lowest BCUT2D eigenvalue weighted by Crippen LogP contribution is -2.30. The number of fused-ring (bicyclic) bond motifs is 3. The van der Waals surface area contributed by atoms with E-state index in [2.05, 4.69) is 4.90 Å². The molecule has 0 unspecified atom stereocenters. The van der Waals surface area contributed by atoms with E-state index in [0.29, 0.717) is 10.5 Å². The molecule has 0 bridgehead atoms. The molecule has 5 rings (SSSR count). The summed E-state index contributed by atoms with van der Waals surface area (Å²) in [5.41, 5.74) is 1.46. The van der Waals surface area contributed by atoms with Crippen LogP contribution in [0.3, 0.4) is 0 Å². The van der Waals surface area contributed by atoms with E-state index in [-0.39, 0.29) is 4.90 Å². The van der Waals surface area contributed by atoms with Crippen molar-refractivity contribution in [2.75, 3.05) is 18.0 Å². The molecule has 148 valence electrons. The number of hydrogen-bond acceptors (Lipinski definition) is 4. The molecule has 2 aromatic heterocycles. The van der Waals surface area contributed by atoms with Crippen molar-refractivity contribution in [3.63, 3.8) is 0 Å². The topological polar surface area (TPSA) is 55.2 Å². The zero-order valence-corrected chi connectivity index (χ0v) is 17.3. The summed E-state index contributed by atoms with van der Waals surface area (Å²) in [5.74, 6) is 0.860. The summed E-state index contributed by atoms with van der Waals surface area (Å²) in [6.45, 7) is 1.87. The molecule has 1 fully saturated rings. The lowest BCUT2D eigenvalue weighted by atomic mass is 10.1.